The summed E-state index contributed by atoms with van der Waals surface area (Å²) in [7, 11) is 1.63. The van der Waals surface area contributed by atoms with Crippen molar-refractivity contribution in [1.82, 2.24) is 15.2 Å². The first-order chi connectivity index (χ1) is 11.5. The zero-order chi connectivity index (χ0) is 17.5. The summed E-state index contributed by atoms with van der Waals surface area (Å²) in [5.41, 5.74) is 1.63. The van der Waals surface area contributed by atoms with E-state index in [1.54, 1.807) is 7.05 Å². The molecule has 0 aliphatic rings. The zero-order valence-electron chi connectivity index (χ0n) is 14.0. The fraction of sp³-hybridized carbons (Fsp3) is 0.389. The van der Waals surface area contributed by atoms with Crippen LogP contribution in [-0.4, -0.2) is 40.1 Å². The molecular formula is C18H23N3O3. The number of para-hydroxylation sites is 1. The van der Waals surface area contributed by atoms with Gasteiger partial charge in [-0.15, -0.1) is 0 Å². The highest BCUT2D eigenvalue weighted by atomic mass is 16.4. The van der Waals surface area contributed by atoms with Crippen LogP contribution in [-0.2, 0) is 11.3 Å². The van der Waals surface area contributed by atoms with E-state index in [-0.39, 0.29) is 0 Å². The summed E-state index contributed by atoms with van der Waals surface area (Å²) in [5.74, 6) is -1.01. The second kappa shape index (κ2) is 8.29. The fourth-order valence-electron chi connectivity index (χ4n) is 2.44. The van der Waals surface area contributed by atoms with E-state index in [4.69, 9.17) is 0 Å². The molecule has 0 bridgehead atoms. The number of hydrogen-bond acceptors (Lipinski definition) is 3. The molecule has 0 aliphatic heterocycles. The van der Waals surface area contributed by atoms with Crippen molar-refractivity contribution in [3.8, 4) is 0 Å². The first-order valence-corrected chi connectivity index (χ1v) is 8.10. The molecule has 2 amide bonds. The van der Waals surface area contributed by atoms with Gasteiger partial charge in [0, 0.05) is 12.4 Å². The lowest BCUT2D eigenvalue weighted by Crippen LogP contribution is -2.46. The Bertz CT molecular complexity index is 717. The summed E-state index contributed by atoms with van der Waals surface area (Å²) in [5, 5.41) is 12.8. The van der Waals surface area contributed by atoms with Crippen molar-refractivity contribution in [3.05, 3.63) is 42.1 Å². The summed E-state index contributed by atoms with van der Waals surface area (Å²) in [4.78, 5) is 29.4. The minimum Gasteiger partial charge on any atom is -0.480 e. The van der Waals surface area contributed by atoms with Gasteiger partial charge in [-0.05, 0) is 18.6 Å². The van der Waals surface area contributed by atoms with E-state index in [0.29, 0.717) is 13.0 Å². The second-order valence-electron chi connectivity index (χ2n) is 5.83. The number of nitrogens with one attached hydrogen (secondary N) is 1. The van der Waals surface area contributed by atoms with Gasteiger partial charge < -0.3 is 15.3 Å². The van der Waals surface area contributed by atoms with Crippen molar-refractivity contribution in [3.63, 3.8) is 0 Å². The van der Waals surface area contributed by atoms with E-state index in [0.717, 1.165) is 29.4 Å². The van der Waals surface area contributed by atoms with Gasteiger partial charge in [0.25, 0.3) is 0 Å². The van der Waals surface area contributed by atoms with Crippen LogP contribution in [0.4, 0.5) is 4.79 Å². The molecule has 1 atom stereocenters. The monoisotopic (exact) mass is 329 g/mol. The zero-order valence-corrected chi connectivity index (χ0v) is 14.0. The number of aliphatic carboxylic acids is 1. The predicted molar refractivity (Wildman–Crippen MR) is 92.7 cm³/mol. The van der Waals surface area contributed by atoms with Crippen LogP contribution in [0.5, 0.6) is 0 Å². The van der Waals surface area contributed by atoms with Gasteiger partial charge in [0.05, 0.1) is 17.8 Å². The average molecular weight is 329 g/mol. The number of carbonyl (C=O) groups excluding carboxylic acids is 1. The molecular weight excluding hydrogens is 306 g/mol. The van der Waals surface area contributed by atoms with Gasteiger partial charge in [-0.3, -0.25) is 4.98 Å². The van der Waals surface area contributed by atoms with Crippen LogP contribution in [0.2, 0.25) is 0 Å². The Labute approximate surface area is 141 Å². The third-order valence-corrected chi connectivity index (χ3v) is 3.84. The van der Waals surface area contributed by atoms with E-state index in [9.17, 15) is 14.7 Å². The highest BCUT2D eigenvalue weighted by molar-refractivity contribution is 5.82. The summed E-state index contributed by atoms with van der Waals surface area (Å²) in [6, 6.07) is 10.3. The van der Waals surface area contributed by atoms with Gasteiger partial charge in [0.2, 0.25) is 0 Å². The summed E-state index contributed by atoms with van der Waals surface area (Å²) in [6.07, 6.45) is 2.07. The molecule has 1 heterocycles. The molecule has 0 saturated heterocycles. The fourth-order valence-corrected chi connectivity index (χ4v) is 2.44. The van der Waals surface area contributed by atoms with E-state index >= 15 is 0 Å². The third kappa shape index (κ3) is 4.68. The van der Waals surface area contributed by atoms with Crippen LogP contribution in [0.25, 0.3) is 10.9 Å². The van der Waals surface area contributed by atoms with Gasteiger partial charge in [0.15, 0.2) is 0 Å². The van der Waals surface area contributed by atoms with E-state index < -0.39 is 18.0 Å². The second-order valence-corrected chi connectivity index (χ2v) is 5.83. The standard InChI is InChI=1S/C18H23N3O3/c1-3-4-8-16(17(22)23)20-18(24)21(2)12-14-11-10-13-7-5-6-9-15(13)19-14/h5-7,9-11,16H,3-4,8,12H2,1-2H3,(H,20,24)(H,22,23)/t16-/m0/s1. The smallest absolute Gasteiger partial charge is 0.326 e. The first kappa shape index (κ1) is 17.7. The lowest BCUT2D eigenvalue weighted by atomic mass is 10.1. The van der Waals surface area contributed by atoms with Crippen LogP contribution < -0.4 is 5.32 Å². The van der Waals surface area contributed by atoms with Crippen molar-refractivity contribution in [2.75, 3.05) is 7.05 Å². The van der Waals surface area contributed by atoms with Crippen molar-refractivity contribution >= 4 is 22.9 Å². The van der Waals surface area contributed by atoms with Crippen LogP contribution in [0.3, 0.4) is 0 Å². The van der Waals surface area contributed by atoms with Gasteiger partial charge >= 0.3 is 12.0 Å². The molecule has 2 rings (SSSR count). The molecule has 1 aromatic carbocycles. The van der Waals surface area contributed by atoms with Crippen LogP contribution in [0, 0.1) is 0 Å². The Balaban J connectivity index is 2.00. The lowest BCUT2D eigenvalue weighted by Gasteiger charge is -2.21. The lowest BCUT2D eigenvalue weighted by molar-refractivity contribution is -0.139. The molecule has 24 heavy (non-hydrogen) atoms. The molecule has 2 aromatic rings. The minimum absolute atomic E-state index is 0.316. The number of rotatable bonds is 7. The Hall–Kier alpha value is -2.63. The first-order valence-electron chi connectivity index (χ1n) is 8.10. The maximum atomic E-state index is 12.2. The number of fused-ring (bicyclic) bond motifs is 1. The number of hydrogen-bond donors (Lipinski definition) is 2. The molecule has 128 valence electrons. The molecule has 0 aliphatic carbocycles. The molecule has 0 spiro atoms. The number of nitrogens with zero attached hydrogens (tertiary/aromatic N) is 2. The Morgan fingerprint density at radius 2 is 2.00 bits per heavy atom. The van der Waals surface area contributed by atoms with E-state index in [2.05, 4.69) is 10.3 Å². The Morgan fingerprint density at radius 1 is 1.25 bits per heavy atom. The van der Waals surface area contributed by atoms with Crippen molar-refractivity contribution in [1.29, 1.82) is 0 Å². The number of unbranched alkanes of at least 4 members (excludes halogenated alkanes) is 1. The molecule has 6 heteroatoms. The summed E-state index contributed by atoms with van der Waals surface area (Å²) >= 11 is 0. The van der Waals surface area contributed by atoms with Crippen molar-refractivity contribution in [2.24, 2.45) is 0 Å². The quantitative estimate of drug-likeness (QED) is 0.818. The number of benzene rings is 1. The largest absolute Gasteiger partial charge is 0.480 e. The Kier molecular flexibility index (Phi) is 6.12. The maximum absolute atomic E-state index is 12.2. The number of carboxylic acid groups (broad SMARTS) is 1. The number of aromatic nitrogens is 1. The molecule has 2 N–H and O–H groups in total. The number of pyridine rings is 1. The average Bonchev–Trinajstić information content (AvgIpc) is 2.57. The molecule has 1 aromatic heterocycles. The highest BCUT2D eigenvalue weighted by Crippen LogP contribution is 2.13. The van der Waals surface area contributed by atoms with Gasteiger partial charge in [-0.25, -0.2) is 9.59 Å². The van der Waals surface area contributed by atoms with Gasteiger partial charge in [-0.2, -0.15) is 0 Å². The topological polar surface area (TPSA) is 82.5 Å². The van der Waals surface area contributed by atoms with E-state index in [1.165, 1.54) is 4.90 Å². The van der Waals surface area contributed by atoms with Gasteiger partial charge in [0.1, 0.15) is 6.04 Å². The molecule has 0 unspecified atom stereocenters. The molecule has 0 fully saturated rings. The Morgan fingerprint density at radius 3 is 2.71 bits per heavy atom. The minimum atomic E-state index is -1.01. The molecule has 0 radical (unpaired) electrons. The number of amides is 2. The maximum Gasteiger partial charge on any atom is 0.326 e. The third-order valence-electron chi connectivity index (χ3n) is 3.84. The normalized spacial score (nSPS) is 11.9. The molecule has 0 saturated carbocycles. The van der Waals surface area contributed by atoms with Crippen molar-refractivity contribution in [2.45, 2.75) is 38.8 Å². The van der Waals surface area contributed by atoms with Crippen LogP contribution >= 0.6 is 0 Å². The van der Waals surface area contributed by atoms with Gasteiger partial charge in [-0.1, -0.05) is 44.0 Å². The van der Waals surface area contributed by atoms with Crippen molar-refractivity contribution < 1.29 is 14.7 Å². The van der Waals surface area contributed by atoms with Crippen LogP contribution in [0.15, 0.2) is 36.4 Å². The number of carboxylic acids is 1. The summed E-state index contributed by atoms with van der Waals surface area (Å²) in [6.45, 7) is 2.30. The summed E-state index contributed by atoms with van der Waals surface area (Å²) < 4.78 is 0. The molecule has 6 nitrogen and oxygen atoms in total. The predicted octanol–water partition coefficient (Wildman–Crippen LogP) is 3.02. The van der Waals surface area contributed by atoms with Crippen LogP contribution in [0.1, 0.15) is 31.9 Å². The number of urea groups is 1. The highest BCUT2D eigenvalue weighted by Gasteiger charge is 2.21. The number of carbonyl (C=O) groups is 2. The van der Waals surface area contributed by atoms with E-state index in [1.807, 2.05) is 43.3 Å². The SMILES string of the molecule is CCCC[C@H](NC(=O)N(C)Cc1ccc2ccccc2n1)C(=O)O.